The highest BCUT2D eigenvalue weighted by molar-refractivity contribution is 5.90. The van der Waals surface area contributed by atoms with Crippen LogP contribution in [-0.4, -0.2) is 25.5 Å². The lowest BCUT2D eigenvalue weighted by atomic mass is 10.1. The monoisotopic (exact) mass is 291 g/mol. The van der Waals surface area contributed by atoms with Crippen LogP contribution in [0.1, 0.15) is 46.0 Å². The van der Waals surface area contributed by atoms with Gasteiger partial charge in [-0.3, -0.25) is 4.79 Å². The molecule has 118 valence electrons. The molecule has 1 amide bonds. The number of rotatable bonds is 10. The largest absolute Gasteiger partial charge is 0.372 e. The third-order valence-corrected chi connectivity index (χ3v) is 3.64. The number of nitrogens with two attached hydrogens (primary N) is 1. The molecule has 0 bridgehead atoms. The van der Waals surface area contributed by atoms with E-state index in [-0.39, 0.29) is 5.91 Å². The third kappa shape index (κ3) is 6.63. The summed E-state index contributed by atoms with van der Waals surface area (Å²) in [5.74, 6) is 0.0957. The smallest absolute Gasteiger partial charge is 0.224 e. The summed E-state index contributed by atoms with van der Waals surface area (Å²) < 4.78 is 0. The normalized spacial score (nSPS) is 10.4. The number of anilines is 2. The van der Waals surface area contributed by atoms with Gasteiger partial charge in [-0.15, -0.1) is 0 Å². The number of carbonyl (C=O) groups is 1. The van der Waals surface area contributed by atoms with Crippen LogP contribution >= 0.6 is 0 Å². The van der Waals surface area contributed by atoms with E-state index in [0.29, 0.717) is 6.42 Å². The van der Waals surface area contributed by atoms with Crippen molar-refractivity contribution in [1.82, 2.24) is 0 Å². The molecular formula is C17H29N3O. The average molecular weight is 291 g/mol. The third-order valence-electron chi connectivity index (χ3n) is 3.64. The van der Waals surface area contributed by atoms with Crippen LogP contribution in [0.2, 0.25) is 0 Å². The Morgan fingerprint density at radius 2 is 1.67 bits per heavy atom. The number of benzene rings is 1. The van der Waals surface area contributed by atoms with Crippen LogP contribution in [0.5, 0.6) is 0 Å². The van der Waals surface area contributed by atoms with E-state index in [9.17, 15) is 4.79 Å². The van der Waals surface area contributed by atoms with E-state index < -0.39 is 0 Å². The zero-order valence-corrected chi connectivity index (χ0v) is 13.4. The zero-order chi connectivity index (χ0) is 15.5. The maximum Gasteiger partial charge on any atom is 0.224 e. The molecule has 0 aliphatic rings. The van der Waals surface area contributed by atoms with E-state index in [1.165, 1.54) is 5.69 Å². The highest BCUT2D eigenvalue weighted by Crippen LogP contribution is 2.18. The summed E-state index contributed by atoms with van der Waals surface area (Å²) in [6.45, 7) is 7.01. The Labute approximate surface area is 128 Å². The minimum Gasteiger partial charge on any atom is -0.372 e. The lowest BCUT2D eigenvalue weighted by Crippen LogP contribution is -2.21. The molecule has 1 aromatic rings. The molecule has 0 atom stereocenters. The van der Waals surface area contributed by atoms with E-state index in [1.54, 1.807) is 0 Å². The molecule has 1 aromatic carbocycles. The molecule has 0 fully saturated rings. The van der Waals surface area contributed by atoms with Gasteiger partial charge in [-0.25, -0.2) is 0 Å². The minimum absolute atomic E-state index is 0.0957. The summed E-state index contributed by atoms with van der Waals surface area (Å²) in [5.41, 5.74) is 7.51. The summed E-state index contributed by atoms with van der Waals surface area (Å²) in [4.78, 5) is 14.1. The second-order valence-corrected chi connectivity index (χ2v) is 5.22. The van der Waals surface area contributed by atoms with Gasteiger partial charge in [0.2, 0.25) is 5.91 Å². The molecule has 3 N–H and O–H groups in total. The maximum atomic E-state index is 11.8. The Morgan fingerprint density at radius 3 is 2.24 bits per heavy atom. The second-order valence-electron chi connectivity index (χ2n) is 5.22. The number of nitrogens with one attached hydrogen (secondary N) is 1. The van der Waals surface area contributed by atoms with E-state index in [4.69, 9.17) is 5.73 Å². The number of carbonyl (C=O) groups excluding carboxylic acids is 1. The molecule has 4 heteroatoms. The Kier molecular flexibility index (Phi) is 8.51. The van der Waals surface area contributed by atoms with Crippen LogP contribution in [0.4, 0.5) is 11.4 Å². The van der Waals surface area contributed by atoms with Gasteiger partial charge in [0.15, 0.2) is 0 Å². The van der Waals surface area contributed by atoms with Crippen molar-refractivity contribution in [2.75, 3.05) is 29.9 Å². The van der Waals surface area contributed by atoms with E-state index in [2.05, 4.69) is 36.2 Å². The number of unbranched alkanes of at least 4 members (excludes halogenated alkanes) is 3. The predicted molar refractivity (Wildman–Crippen MR) is 90.8 cm³/mol. The Bertz CT molecular complexity index is 399. The summed E-state index contributed by atoms with van der Waals surface area (Å²) in [6, 6.07) is 8.06. The van der Waals surface area contributed by atoms with Gasteiger partial charge < -0.3 is 16.0 Å². The highest BCUT2D eigenvalue weighted by Gasteiger charge is 2.04. The Balaban J connectivity index is 2.36. The van der Waals surface area contributed by atoms with E-state index >= 15 is 0 Å². The van der Waals surface area contributed by atoms with Crippen molar-refractivity contribution in [3.8, 4) is 0 Å². The van der Waals surface area contributed by atoms with Gasteiger partial charge in [-0.05, 0) is 57.5 Å². The van der Waals surface area contributed by atoms with Gasteiger partial charge in [-0.1, -0.05) is 12.8 Å². The molecule has 0 saturated heterocycles. The molecule has 0 spiro atoms. The number of hydrogen-bond donors (Lipinski definition) is 2. The van der Waals surface area contributed by atoms with Crippen molar-refractivity contribution in [3.63, 3.8) is 0 Å². The van der Waals surface area contributed by atoms with E-state index in [1.807, 2.05) is 12.1 Å². The minimum atomic E-state index is 0.0957. The summed E-state index contributed by atoms with van der Waals surface area (Å²) in [6.07, 6.45) is 4.76. The molecule has 0 aliphatic heterocycles. The van der Waals surface area contributed by atoms with Crippen molar-refractivity contribution in [1.29, 1.82) is 0 Å². The van der Waals surface area contributed by atoms with Gasteiger partial charge in [0.25, 0.3) is 0 Å². The predicted octanol–water partition coefficient (Wildman–Crippen LogP) is 3.38. The first-order valence-electron chi connectivity index (χ1n) is 8.06. The van der Waals surface area contributed by atoms with Gasteiger partial charge in [0.05, 0.1) is 0 Å². The molecule has 4 nitrogen and oxygen atoms in total. The fraction of sp³-hybridized carbons (Fsp3) is 0.588. The SMILES string of the molecule is CCN(CC)c1ccc(NC(=O)CCCCCCN)cc1. The van der Waals surface area contributed by atoms with Crippen molar-refractivity contribution in [2.45, 2.75) is 46.0 Å². The van der Waals surface area contributed by atoms with Gasteiger partial charge in [0, 0.05) is 30.9 Å². The van der Waals surface area contributed by atoms with Gasteiger partial charge >= 0.3 is 0 Å². The molecule has 1 rings (SSSR count). The Hall–Kier alpha value is -1.55. The van der Waals surface area contributed by atoms with Crippen molar-refractivity contribution in [2.24, 2.45) is 5.73 Å². The van der Waals surface area contributed by atoms with Gasteiger partial charge in [0.1, 0.15) is 0 Å². The summed E-state index contributed by atoms with van der Waals surface area (Å²) in [7, 11) is 0. The van der Waals surface area contributed by atoms with E-state index in [0.717, 1.165) is 51.0 Å². The molecule has 0 radical (unpaired) electrons. The lowest BCUT2D eigenvalue weighted by Gasteiger charge is -2.21. The summed E-state index contributed by atoms with van der Waals surface area (Å²) >= 11 is 0. The topological polar surface area (TPSA) is 58.4 Å². The highest BCUT2D eigenvalue weighted by atomic mass is 16.1. The molecule has 0 aromatic heterocycles. The standard InChI is InChI=1S/C17H29N3O/c1-3-20(4-2)16-12-10-15(11-13-16)19-17(21)9-7-5-6-8-14-18/h10-13H,3-9,14,18H2,1-2H3,(H,19,21). The van der Waals surface area contributed by atoms with Crippen molar-refractivity contribution in [3.05, 3.63) is 24.3 Å². The summed E-state index contributed by atoms with van der Waals surface area (Å²) in [5, 5.41) is 2.95. The average Bonchev–Trinajstić information content (AvgIpc) is 2.50. The fourth-order valence-corrected chi connectivity index (χ4v) is 2.35. The van der Waals surface area contributed by atoms with Crippen LogP contribution in [0.25, 0.3) is 0 Å². The first kappa shape index (κ1) is 17.5. The molecular weight excluding hydrogens is 262 g/mol. The van der Waals surface area contributed by atoms with Crippen LogP contribution in [0.15, 0.2) is 24.3 Å². The second kappa shape index (κ2) is 10.2. The lowest BCUT2D eigenvalue weighted by molar-refractivity contribution is -0.116. The van der Waals surface area contributed by atoms with Crippen LogP contribution in [0, 0.1) is 0 Å². The first-order chi connectivity index (χ1) is 10.2. The zero-order valence-electron chi connectivity index (χ0n) is 13.4. The van der Waals surface area contributed by atoms with Crippen molar-refractivity contribution < 1.29 is 4.79 Å². The van der Waals surface area contributed by atoms with Crippen molar-refractivity contribution >= 4 is 17.3 Å². The first-order valence-corrected chi connectivity index (χ1v) is 8.06. The quantitative estimate of drug-likeness (QED) is 0.650. The molecule has 0 saturated carbocycles. The molecule has 0 unspecified atom stereocenters. The Morgan fingerprint density at radius 1 is 1.05 bits per heavy atom. The molecule has 0 aliphatic carbocycles. The number of amides is 1. The van der Waals surface area contributed by atoms with Gasteiger partial charge in [-0.2, -0.15) is 0 Å². The molecule has 21 heavy (non-hydrogen) atoms. The van der Waals surface area contributed by atoms with Crippen LogP contribution < -0.4 is 16.0 Å². The molecule has 0 heterocycles. The van der Waals surface area contributed by atoms with Crippen LogP contribution in [0.3, 0.4) is 0 Å². The van der Waals surface area contributed by atoms with Crippen LogP contribution in [-0.2, 0) is 4.79 Å². The fourth-order valence-electron chi connectivity index (χ4n) is 2.35. The number of hydrogen-bond acceptors (Lipinski definition) is 3. The number of nitrogens with zero attached hydrogens (tertiary/aromatic N) is 1. The maximum absolute atomic E-state index is 11.8.